The average Bonchev–Trinajstić information content (AvgIpc) is 2.79. The molecule has 0 fully saturated rings. The number of esters is 1. The third-order valence-electron chi connectivity index (χ3n) is 4.42. The predicted octanol–water partition coefficient (Wildman–Crippen LogP) is 5.34. The van der Waals surface area contributed by atoms with Crippen LogP contribution in [0.1, 0.15) is 18.4 Å². The first kappa shape index (κ1) is 23.8. The van der Waals surface area contributed by atoms with Gasteiger partial charge in [-0.3, -0.25) is 14.4 Å². The van der Waals surface area contributed by atoms with Gasteiger partial charge in [0.1, 0.15) is 11.5 Å². The number of ether oxygens (including phenoxy) is 2. The van der Waals surface area contributed by atoms with E-state index in [4.69, 9.17) is 21.1 Å². The van der Waals surface area contributed by atoms with E-state index >= 15 is 0 Å². The van der Waals surface area contributed by atoms with Gasteiger partial charge in [-0.25, -0.2) is 0 Å². The lowest BCUT2D eigenvalue weighted by atomic mass is 10.2. The minimum absolute atomic E-state index is 0.0732. The van der Waals surface area contributed by atoms with Crippen LogP contribution < -0.4 is 15.4 Å². The van der Waals surface area contributed by atoms with E-state index < -0.39 is 18.5 Å². The molecule has 0 aliphatic rings. The summed E-state index contributed by atoms with van der Waals surface area (Å²) in [5, 5.41) is 5.84. The zero-order valence-electron chi connectivity index (χ0n) is 18.0. The second-order valence-electron chi connectivity index (χ2n) is 7.18. The Hall–Kier alpha value is -3.84. The molecule has 170 valence electrons. The van der Waals surface area contributed by atoms with Gasteiger partial charge in [0, 0.05) is 17.8 Å². The minimum Gasteiger partial charge on any atom is -0.456 e. The topological polar surface area (TPSA) is 93.7 Å². The minimum atomic E-state index is -0.631. The summed E-state index contributed by atoms with van der Waals surface area (Å²) >= 11 is 6.07. The molecular formula is C25H23ClN2O5. The SMILES string of the molecule is Cc1cccc(NC(=O)COC(=O)CCC(=O)Nc2ccc(Oc3ccccc3Cl)cc2)c1. The maximum Gasteiger partial charge on any atom is 0.306 e. The van der Waals surface area contributed by atoms with Crippen molar-refractivity contribution in [1.82, 2.24) is 0 Å². The molecule has 0 aliphatic heterocycles. The molecule has 0 aliphatic carbocycles. The molecule has 2 N–H and O–H groups in total. The van der Waals surface area contributed by atoms with Crippen LogP contribution in [0.5, 0.6) is 11.5 Å². The van der Waals surface area contributed by atoms with Gasteiger partial charge in [-0.1, -0.05) is 35.9 Å². The van der Waals surface area contributed by atoms with E-state index in [1.807, 2.05) is 31.2 Å². The molecule has 0 unspecified atom stereocenters. The summed E-state index contributed by atoms with van der Waals surface area (Å²) in [4.78, 5) is 35.8. The number of carbonyl (C=O) groups excluding carboxylic acids is 3. The Morgan fingerprint density at radius 2 is 1.55 bits per heavy atom. The van der Waals surface area contributed by atoms with E-state index in [0.717, 1.165) is 5.56 Å². The van der Waals surface area contributed by atoms with E-state index in [2.05, 4.69) is 10.6 Å². The maximum atomic E-state index is 12.1. The fourth-order valence-corrected chi connectivity index (χ4v) is 3.01. The van der Waals surface area contributed by atoms with Gasteiger partial charge in [0.25, 0.3) is 5.91 Å². The molecule has 0 spiro atoms. The predicted molar refractivity (Wildman–Crippen MR) is 127 cm³/mol. The van der Waals surface area contributed by atoms with Gasteiger partial charge in [0.05, 0.1) is 11.4 Å². The maximum absolute atomic E-state index is 12.1. The van der Waals surface area contributed by atoms with Gasteiger partial charge in [-0.15, -0.1) is 0 Å². The quantitative estimate of drug-likeness (QED) is 0.415. The van der Waals surface area contributed by atoms with E-state index in [1.54, 1.807) is 48.5 Å². The number of carbonyl (C=O) groups is 3. The Balaban J connectivity index is 1.37. The number of benzene rings is 3. The number of amides is 2. The van der Waals surface area contributed by atoms with Crippen molar-refractivity contribution in [3.05, 3.63) is 83.4 Å². The van der Waals surface area contributed by atoms with Crippen molar-refractivity contribution < 1.29 is 23.9 Å². The molecule has 0 heterocycles. The summed E-state index contributed by atoms with van der Waals surface area (Å²) in [6.07, 6.45) is -0.215. The summed E-state index contributed by atoms with van der Waals surface area (Å²) in [5.74, 6) is -0.336. The number of rotatable bonds is 9. The van der Waals surface area contributed by atoms with E-state index in [0.29, 0.717) is 27.9 Å². The molecule has 0 atom stereocenters. The Bertz CT molecular complexity index is 1130. The van der Waals surface area contributed by atoms with Crippen LogP contribution in [-0.4, -0.2) is 24.4 Å². The van der Waals surface area contributed by atoms with Crippen molar-refractivity contribution in [2.24, 2.45) is 0 Å². The summed E-state index contributed by atoms with van der Waals surface area (Å²) < 4.78 is 10.6. The highest BCUT2D eigenvalue weighted by atomic mass is 35.5. The number of hydrogen-bond acceptors (Lipinski definition) is 5. The molecule has 0 radical (unpaired) electrons. The van der Waals surface area contributed by atoms with Gasteiger partial charge in [-0.2, -0.15) is 0 Å². The molecule has 0 saturated heterocycles. The smallest absolute Gasteiger partial charge is 0.306 e. The highest BCUT2D eigenvalue weighted by Crippen LogP contribution is 2.29. The summed E-state index contributed by atoms with van der Waals surface area (Å²) in [5.41, 5.74) is 2.18. The fourth-order valence-electron chi connectivity index (χ4n) is 2.84. The van der Waals surface area contributed by atoms with Crippen LogP contribution in [0.15, 0.2) is 72.8 Å². The lowest BCUT2D eigenvalue weighted by Gasteiger charge is -2.09. The van der Waals surface area contributed by atoms with Crippen molar-refractivity contribution in [2.75, 3.05) is 17.2 Å². The Labute approximate surface area is 196 Å². The third kappa shape index (κ3) is 7.97. The number of nitrogens with one attached hydrogen (secondary N) is 2. The average molecular weight is 467 g/mol. The fraction of sp³-hybridized carbons (Fsp3) is 0.160. The Kier molecular flexibility index (Phi) is 8.43. The van der Waals surface area contributed by atoms with Gasteiger partial charge in [-0.05, 0) is 61.0 Å². The molecule has 7 nitrogen and oxygen atoms in total. The van der Waals surface area contributed by atoms with Gasteiger partial charge in [0.15, 0.2) is 6.61 Å². The first-order chi connectivity index (χ1) is 15.9. The largest absolute Gasteiger partial charge is 0.456 e. The van der Waals surface area contributed by atoms with Crippen LogP contribution >= 0.6 is 11.6 Å². The second kappa shape index (κ2) is 11.7. The van der Waals surface area contributed by atoms with Crippen LogP contribution in [0.3, 0.4) is 0 Å². The normalized spacial score (nSPS) is 10.2. The molecule has 33 heavy (non-hydrogen) atoms. The molecule has 2 amide bonds. The molecule has 8 heteroatoms. The number of aryl methyl sites for hydroxylation is 1. The summed E-state index contributed by atoms with van der Waals surface area (Å²) in [6.45, 7) is 1.49. The van der Waals surface area contributed by atoms with E-state index in [1.165, 1.54) is 0 Å². The lowest BCUT2D eigenvalue weighted by molar-refractivity contribution is -0.147. The first-order valence-corrected chi connectivity index (χ1v) is 10.6. The monoisotopic (exact) mass is 466 g/mol. The molecule has 3 aromatic carbocycles. The molecule has 3 aromatic rings. The van der Waals surface area contributed by atoms with Crippen molar-refractivity contribution in [3.8, 4) is 11.5 Å². The van der Waals surface area contributed by atoms with Crippen molar-refractivity contribution >= 4 is 40.8 Å². The summed E-state index contributed by atoms with van der Waals surface area (Å²) in [7, 11) is 0. The van der Waals surface area contributed by atoms with Crippen LogP contribution in [0.4, 0.5) is 11.4 Å². The van der Waals surface area contributed by atoms with Crippen LogP contribution in [0.25, 0.3) is 0 Å². The van der Waals surface area contributed by atoms with Crippen molar-refractivity contribution in [1.29, 1.82) is 0 Å². The van der Waals surface area contributed by atoms with Gasteiger partial charge >= 0.3 is 5.97 Å². The van der Waals surface area contributed by atoms with Crippen molar-refractivity contribution in [3.63, 3.8) is 0 Å². The number of anilines is 2. The molecule has 0 saturated carbocycles. The highest BCUT2D eigenvalue weighted by molar-refractivity contribution is 6.32. The molecular weight excluding hydrogens is 444 g/mol. The third-order valence-corrected chi connectivity index (χ3v) is 4.74. The van der Waals surface area contributed by atoms with E-state index in [9.17, 15) is 14.4 Å². The zero-order valence-corrected chi connectivity index (χ0v) is 18.7. The lowest BCUT2D eigenvalue weighted by Crippen LogP contribution is -2.21. The zero-order chi connectivity index (χ0) is 23.6. The van der Waals surface area contributed by atoms with Crippen molar-refractivity contribution in [2.45, 2.75) is 19.8 Å². The van der Waals surface area contributed by atoms with E-state index in [-0.39, 0.29) is 18.7 Å². The van der Waals surface area contributed by atoms with Gasteiger partial charge in [0.2, 0.25) is 5.91 Å². The van der Waals surface area contributed by atoms with Crippen LogP contribution in [0, 0.1) is 6.92 Å². The standard InChI is InChI=1S/C25H23ClN2O5/c1-17-5-4-6-19(15-17)28-24(30)16-32-25(31)14-13-23(29)27-18-9-11-20(12-10-18)33-22-8-3-2-7-21(22)26/h2-12,15H,13-14,16H2,1H3,(H,27,29)(H,28,30). The van der Waals surface area contributed by atoms with Gasteiger partial charge < -0.3 is 20.1 Å². The number of halogens is 1. The number of hydrogen-bond donors (Lipinski definition) is 2. The van der Waals surface area contributed by atoms with Crippen LogP contribution in [0.2, 0.25) is 5.02 Å². The molecule has 0 bridgehead atoms. The Morgan fingerprint density at radius 3 is 2.27 bits per heavy atom. The highest BCUT2D eigenvalue weighted by Gasteiger charge is 2.11. The second-order valence-corrected chi connectivity index (χ2v) is 7.59. The molecule has 0 aromatic heterocycles. The summed E-state index contributed by atoms with van der Waals surface area (Å²) in [6, 6.07) is 21.1. The first-order valence-electron chi connectivity index (χ1n) is 10.2. The Morgan fingerprint density at radius 1 is 0.818 bits per heavy atom. The van der Waals surface area contributed by atoms with Crippen LogP contribution in [-0.2, 0) is 19.1 Å². The molecule has 3 rings (SSSR count). The number of para-hydroxylation sites is 1.